The molecular formula is C13H16N2O2. The second-order valence-corrected chi connectivity index (χ2v) is 3.96. The molecule has 17 heavy (non-hydrogen) atoms. The standard InChI is InChI=1S/C13H16N2O2/c1-3-4-10(8-14)15-13(17)11-6-5-9(2)7-12(11)16/h5-7,10,16H,3-4H2,1-2H3,(H,15,17). The second-order valence-electron chi connectivity index (χ2n) is 3.96. The van der Waals surface area contributed by atoms with Crippen molar-refractivity contribution >= 4 is 5.91 Å². The average molecular weight is 232 g/mol. The van der Waals surface area contributed by atoms with Gasteiger partial charge in [0.1, 0.15) is 11.8 Å². The summed E-state index contributed by atoms with van der Waals surface area (Å²) < 4.78 is 0. The molecule has 0 saturated carbocycles. The number of rotatable bonds is 4. The largest absolute Gasteiger partial charge is 0.507 e. The van der Waals surface area contributed by atoms with Crippen molar-refractivity contribution < 1.29 is 9.90 Å². The molecule has 1 amide bonds. The zero-order valence-corrected chi connectivity index (χ0v) is 10.0. The van der Waals surface area contributed by atoms with Crippen LogP contribution >= 0.6 is 0 Å². The summed E-state index contributed by atoms with van der Waals surface area (Å²) in [4.78, 5) is 11.8. The van der Waals surface area contributed by atoms with Gasteiger partial charge in [-0.1, -0.05) is 19.4 Å². The van der Waals surface area contributed by atoms with Crippen molar-refractivity contribution in [3.63, 3.8) is 0 Å². The van der Waals surface area contributed by atoms with E-state index in [0.29, 0.717) is 6.42 Å². The number of aromatic hydroxyl groups is 1. The minimum Gasteiger partial charge on any atom is -0.507 e. The number of amides is 1. The first-order chi connectivity index (χ1) is 8.08. The van der Waals surface area contributed by atoms with Gasteiger partial charge in [-0.25, -0.2) is 0 Å². The number of carbonyl (C=O) groups excluding carboxylic acids is 1. The normalized spacial score (nSPS) is 11.6. The molecule has 0 aliphatic heterocycles. The molecule has 0 heterocycles. The summed E-state index contributed by atoms with van der Waals surface area (Å²) in [5, 5.41) is 21.1. The van der Waals surface area contributed by atoms with Gasteiger partial charge in [0.2, 0.25) is 0 Å². The highest BCUT2D eigenvalue weighted by Gasteiger charge is 2.15. The second kappa shape index (κ2) is 5.90. The van der Waals surface area contributed by atoms with E-state index in [-0.39, 0.29) is 11.3 Å². The van der Waals surface area contributed by atoms with E-state index in [1.165, 1.54) is 6.07 Å². The van der Waals surface area contributed by atoms with Gasteiger partial charge in [-0.2, -0.15) is 5.26 Å². The number of phenols is 1. The third-order valence-corrected chi connectivity index (χ3v) is 2.44. The van der Waals surface area contributed by atoms with Gasteiger partial charge in [0.15, 0.2) is 0 Å². The number of nitrogens with one attached hydrogen (secondary N) is 1. The van der Waals surface area contributed by atoms with Gasteiger partial charge in [-0.3, -0.25) is 4.79 Å². The Kier molecular flexibility index (Phi) is 4.53. The average Bonchev–Trinajstić information content (AvgIpc) is 2.28. The fraction of sp³-hybridized carbons (Fsp3) is 0.385. The van der Waals surface area contributed by atoms with E-state index in [1.54, 1.807) is 12.1 Å². The third-order valence-electron chi connectivity index (χ3n) is 2.44. The van der Waals surface area contributed by atoms with Crippen molar-refractivity contribution in [2.24, 2.45) is 0 Å². The lowest BCUT2D eigenvalue weighted by molar-refractivity contribution is 0.0941. The van der Waals surface area contributed by atoms with Crippen LogP contribution in [0.4, 0.5) is 0 Å². The lowest BCUT2D eigenvalue weighted by Crippen LogP contribution is -2.33. The monoisotopic (exact) mass is 232 g/mol. The molecular weight excluding hydrogens is 216 g/mol. The highest BCUT2D eigenvalue weighted by Crippen LogP contribution is 2.18. The van der Waals surface area contributed by atoms with E-state index in [1.807, 2.05) is 19.9 Å². The van der Waals surface area contributed by atoms with Crippen LogP contribution in [0.15, 0.2) is 18.2 Å². The fourth-order valence-corrected chi connectivity index (χ4v) is 1.53. The lowest BCUT2D eigenvalue weighted by atomic mass is 10.1. The van der Waals surface area contributed by atoms with E-state index in [4.69, 9.17) is 5.26 Å². The molecule has 4 nitrogen and oxygen atoms in total. The Bertz CT molecular complexity index is 449. The van der Waals surface area contributed by atoms with Crippen molar-refractivity contribution in [3.05, 3.63) is 29.3 Å². The van der Waals surface area contributed by atoms with Crippen LogP contribution in [-0.2, 0) is 0 Å². The first-order valence-corrected chi connectivity index (χ1v) is 5.58. The molecule has 1 atom stereocenters. The number of phenolic OH excluding ortho intramolecular Hbond substituents is 1. The predicted octanol–water partition coefficient (Wildman–Crippen LogP) is 2.12. The van der Waals surface area contributed by atoms with Crippen LogP contribution in [0.5, 0.6) is 5.75 Å². The van der Waals surface area contributed by atoms with Gasteiger partial charge in [-0.15, -0.1) is 0 Å². The van der Waals surface area contributed by atoms with Crippen molar-refractivity contribution in [2.75, 3.05) is 0 Å². The van der Waals surface area contributed by atoms with Crippen LogP contribution in [0.2, 0.25) is 0 Å². The van der Waals surface area contributed by atoms with Crippen LogP contribution in [0, 0.1) is 18.3 Å². The summed E-state index contributed by atoms with van der Waals surface area (Å²) in [5.41, 5.74) is 1.08. The number of carbonyl (C=O) groups is 1. The highest BCUT2D eigenvalue weighted by molar-refractivity contribution is 5.97. The molecule has 2 N–H and O–H groups in total. The van der Waals surface area contributed by atoms with Crippen molar-refractivity contribution in [3.8, 4) is 11.8 Å². The summed E-state index contributed by atoms with van der Waals surface area (Å²) in [6.45, 7) is 3.77. The van der Waals surface area contributed by atoms with E-state index in [2.05, 4.69) is 5.32 Å². The molecule has 1 unspecified atom stereocenters. The Morgan fingerprint density at radius 2 is 2.29 bits per heavy atom. The number of aryl methyl sites for hydroxylation is 1. The zero-order chi connectivity index (χ0) is 12.8. The lowest BCUT2D eigenvalue weighted by Gasteiger charge is -2.11. The van der Waals surface area contributed by atoms with E-state index in [0.717, 1.165) is 12.0 Å². The number of nitriles is 1. The minimum absolute atomic E-state index is 0.0595. The molecule has 0 aromatic heterocycles. The van der Waals surface area contributed by atoms with Gasteiger partial charge in [-0.05, 0) is 31.0 Å². The molecule has 4 heteroatoms. The minimum atomic E-state index is -0.506. The Balaban J connectivity index is 2.79. The van der Waals surface area contributed by atoms with Gasteiger partial charge in [0, 0.05) is 0 Å². The Hall–Kier alpha value is -2.02. The van der Waals surface area contributed by atoms with E-state index < -0.39 is 11.9 Å². The Morgan fingerprint density at radius 1 is 1.59 bits per heavy atom. The molecule has 1 aromatic rings. The molecule has 0 aliphatic carbocycles. The summed E-state index contributed by atoms with van der Waals surface area (Å²) in [7, 11) is 0. The molecule has 0 saturated heterocycles. The molecule has 0 bridgehead atoms. The van der Waals surface area contributed by atoms with Crippen LogP contribution in [-0.4, -0.2) is 17.1 Å². The maximum atomic E-state index is 11.8. The van der Waals surface area contributed by atoms with E-state index in [9.17, 15) is 9.90 Å². The maximum Gasteiger partial charge on any atom is 0.256 e. The fourth-order valence-electron chi connectivity index (χ4n) is 1.53. The summed E-state index contributed by atoms with van der Waals surface area (Å²) in [5.74, 6) is -0.474. The van der Waals surface area contributed by atoms with Crippen LogP contribution in [0.1, 0.15) is 35.7 Å². The molecule has 1 rings (SSSR count). The highest BCUT2D eigenvalue weighted by atomic mass is 16.3. The molecule has 0 radical (unpaired) electrons. The van der Waals surface area contributed by atoms with Crippen LogP contribution in [0.3, 0.4) is 0 Å². The molecule has 90 valence electrons. The first kappa shape index (κ1) is 13.0. The van der Waals surface area contributed by atoms with Crippen LogP contribution in [0.25, 0.3) is 0 Å². The van der Waals surface area contributed by atoms with Crippen molar-refractivity contribution in [1.29, 1.82) is 5.26 Å². The molecule has 1 aromatic carbocycles. The zero-order valence-electron chi connectivity index (χ0n) is 10.0. The summed E-state index contributed by atoms with van der Waals surface area (Å²) in [6.07, 6.45) is 1.42. The SMILES string of the molecule is CCCC(C#N)NC(=O)c1ccc(C)cc1O. The predicted molar refractivity (Wildman–Crippen MR) is 64.6 cm³/mol. The number of hydrogen-bond donors (Lipinski definition) is 2. The molecule has 0 aliphatic rings. The maximum absolute atomic E-state index is 11.8. The number of benzene rings is 1. The summed E-state index contributed by atoms with van der Waals surface area (Å²) in [6, 6.07) is 6.34. The van der Waals surface area contributed by atoms with Gasteiger partial charge in [0.25, 0.3) is 5.91 Å². The smallest absolute Gasteiger partial charge is 0.256 e. The topological polar surface area (TPSA) is 73.1 Å². The first-order valence-electron chi connectivity index (χ1n) is 5.58. The summed E-state index contributed by atoms with van der Waals surface area (Å²) >= 11 is 0. The Labute approximate surface area is 101 Å². The van der Waals surface area contributed by atoms with Crippen molar-refractivity contribution in [2.45, 2.75) is 32.7 Å². The van der Waals surface area contributed by atoms with Crippen LogP contribution < -0.4 is 5.32 Å². The Morgan fingerprint density at radius 3 is 2.82 bits per heavy atom. The van der Waals surface area contributed by atoms with E-state index >= 15 is 0 Å². The number of hydrogen-bond acceptors (Lipinski definition) is 3. The van der Waals surface area contributed by atoms with Crippen molar-refractivity contribution in [1.82, 2.24) is 5.32 Å². The molecule has 0 fully saturated rings. The number of nitrogens with zero attached hydrogens (tertiary/aromatic N) is 1. The molecule has 0 spiro atoms. The quantitative estimate of drug-likeness (QED) is 0.835. The van der Waals surface area contributed by atoms with Gasteiger partial charge in [0.05, 0.1) is 11.6 Å². The van der Waals surface area contributed by atoms with Gasteiger partial charge < -0.3 is 10.4 Å². The van der Waals surface area contributed by atoms with Gasteiger partial charge >= 0.3 is 0 Å². The third kappa shape index (κ3) is 3.49.